The number of sulfonamides is 1. The standard InChI is InChI=1S/C15H20FN5O3S/c1-10-8-11(2)21(19-10)7-6-17-15(22)18-14-9-12(4-5-13(14)16)20-25(3,23)24/h4-5,8-9,20H,6-7H2,1-3H3,(H2,17,18,22). The van der Waals surface area contributed by atoms with Crippen molar-refractivity contribution in [1.82, 2.24) is 15.1 Å². The molecule has 0 aliphatic heterocycles. The van der Waals surface area contributed by atoms with Crippen LogP contribution in [-0.4, -0.2) is 37.0 Å². The molecule has 0 aliphatic rings. The summed E-state index contributed by atoms with van der Waals surface area (Å²) in [5.41, 5.74) is 1.89. The zero-order valence-corrected chi connectivity index (χ0v) is 14.9. The minimum absolute atomic E-state index is 0.128. The molecule has 2 amide bonds. The number of urea groups is 1. The van der Waals surface area contributed by atoms with Gasteiger partial charge >= 0.3 is 6.03 Å². The lowest BCUT2D eigenvalue weighted by Gasteiger charge is -2.11. The molecule has 1 aromatic carbocycles. The third-order valence-corrected chi connectivity index (χ3v) is 3.84. The number of nitrogens with one attached hydrogen (secondary N) is 3. The number of hydrogen-bond donors (Lipinski definition) is 3. The van der Waals surface area contributed by atoms with E-state index in [4.69, 9.17) is 0 Å². The molecule has 0 fully saturated rings. The second-order valence-corrected chi connectivity index (χ2v) is 7.35. The van der Waals surface area contributed by atoms with Crippen LogP contribution in [-0.2, 0) is 16.6 Å². The zero-order valence-electron chi connectivity index (χ0n) is 14.1. The predicted octanol–water partition coefficient (Wildman–Crippen LogP) is 1.83. The molecule has 2 rings (SSSR count). The van der Waals surface area contributed by atoms with Crippen LogP contribution in [0.15, 0.2) is 24.3 Å². The van der Waals surface area contributed by atoms with Gasteiger partial charge in [0.25, 0.3) is 0 Å². The molecule has 1 aromatic heterocycles. The molecular weight excluding hydrogens is 349 g/mol. The smallest absolute Gasteiger partial charge is 0.319 e. The maximum Gasteiger partial charge on any atom is 0.319 e. The van der Waals surface area contributed by atoms with E-state index in [0.29, 0.717) is 13.1 Å². The molecule has 0 unspecified atom stereocenters. The van der Waals surface area contributed by atoms with Crippen molar-refractivity contribution in [2.75, 3.05) is 22.8 Å². The number of aryl methyl sites for hydroxylation is 2. The summed E-state index contributed by atoms with van der Waals surface area (Å²) in [7, 11) is -3.49. The fraction of sp³-hybridized carbons (Fsp3) is 0.333. The SMILES string of the molecule is Cc1cc(C)n(CCNC(=O)Nc2cc(NS(C)(=O)=O)ccc2F)n1. The van der Waals surface area contributed by atoms with E-state index in [9.17, 15) is 17.6 Å². The Balaban J connectivity index is 1.93. The van der Waals surface area contributed by atoms with Crippen LogP contribution in [0.5, 0.6) is 0 Å². The van der Waals surface area contributed by atoms with Gasteiger partial charge in [-0.25, -0.2) is 17.6 Å². The summed E-state index contributed by atoms with van der Waals surface area (Å²) in [6.45, 7) is 4.57. The normalized spacial score (nSPS) is 11.2. The van der Waals surface area contributed by atoms with Gasteiger partial charge in [0, 0.05) is 12.2 Å². The van der Waals surface area contributed by atoms with Crippen LogP contribution in [0.2, 0.25) is 0 Å². The maximum atomic E-state index is 13.8. The molecule has 25 heavy (non-hydrogen) atoms. The minimum Gasteiger partial charge on any atom is -0.336 e. The summed E-state index contributed by atoms with van der Waals surface area (Å²) in [6, 6.07) is 4.87. The van der Waals surface area contributed by atoms with Crippen LogP contribution in [0.4, 0.5) is 20.6 Å². The van der Waals surface area contributed by atoms with Gasteiger partial charge < -0.3 is 10.6 Å². The number of halogens is 1. The molecule has 0 atom stereocenters. The number of anilines is 2. The highest BCUT2D eigenvalue weighted by molar-refractivity contribution is 7.92. The van der Waals surface area contributed by atoms with E-state index >= 15 is 0 Å². The number of aromatic nitrogens is 2. The first kappa shape index (κ1) is 18.7. The van der Waals surface area contributed by atoms with Crippen molar-refractivity contribution in [3.05, 3.63) is 41.5 Å². The van der Waals surface area contributed by atoms with Crippen LogP contribution in [0.3, 0.4) is 0 Å². The monoisotopic (exact) mass is 369 g/mol. The average molecular weight is 369 g/mol. The fourth-order valence-electron chi connectivity index (χ4n) is 2.24. The van der Waals surface area contributed by atoms with Crippen molar-refractivity contribution in [3.8, 4) is 0 Å². The van der Waals surface area contributed by atoms with Crippen molar-refractivity contribution < 1.29 is 17.6 Å². The van der Waals surface area contributed by atoms with Crippen LogP contribution in [0.1, 0.15) is 11.4 Å². The minimum atomic E-state index is -3.49. The van der Waals surface area contributed by atoms with Gasteiger partial charge in [0.15, 0.2) is 0 Å². The number of nitrogens with zero attached hydrogens (tertiary/aromatic N) is 2. The molecule has 0 saturated carbocycles. The summed E-state index contributed by atoms with van der Waals surface area (Å²) in [6.07, 6.45) is 0.981. The van der Waals surface area contributed by atoms with Gasteiger partial charge in [0.1, 0.15) is 5.82 Å². The van der Waals surface area contributed by atoms with E-state index in [2.05, 4.69) is 20.5 Å². The van der Waals surface area contributed by atoms with E-state index in [0.717, 1.165) is 23.7 Å². The van der Waals surface area contributed by atoms with Gasteiger partial charge in [-0.05, 0) is 38.1 Å². The lowest BCUT2D eigenvalue weighted by atomic mass is 10.2. The van der Waals surface area contributed by atoms with Gasteiger partial charge in [-0.1, -0.05) is 0 Å². The third kappa shape index (κ3) is 5.75. The number of carbonyl (C=O) groups is 1. The Bertz CT molecular complexity index is 879. The summed E-state index contributed by atoms with van der Waals surface area (Å²) in [5.74, 6) is -0.673. The largest absolute Gasteiger partial charge is 0.336 e. The first-order chi connectivity index (χ1) is 11.6. The number of rotatable bonds is 6. The van der Waals surface area contributed by atoms with Crippen molar-refractivity contribution in [2.45, 2.75) is 20.4 Å². The van der Waals surface area contributed by atoms with E-state index in [1.807, 2.05) is 19.9 Å². The van der Waals surface area contributed by atoms with Gasteiger partial charge in [-0.15, -0.1) is 0 Å². The molecule has 0 aliphatic carbocycles. The highest BCUT2D eigenvalue weighted by Crippen LogP contribution is 2.20. The average Bonchev–Trinajstić information content (AvgIpc) is 2.79. The maximum absolute atomic E-state index is 13.8. The van der Waals surface area contributed by atoms with Crippen molar-refractivity contribution in [3.63, 3.8) is 0 Å². The Hall–Kier alpha value is -2.62. The number of carbonyl (C=O) groups excluding carboxylic acids is 1. The van der Waals surface area contributed by atoms with E-state index < -0.39 is 21.9 Å². The van der Waals surface area contributed by atoms with Gasteiger partial charge in [-0.3, -0.25) is 9.40 Å². The predicted molar refractivity (Wildman–Crippen MR) is 93.6 cm³/mol. The number of hydrogen-bond acceptors (Lipinski definition) is 4. The van der Waals surface area contributed by atoms with E-state index in [1.54, 1.807) is 4.68 Å². The van der Waals surface area contributed by atoms with Gasteiger partial charge in [0.05, 0.1) is 29.9 Å². The highest BCUT2D eigenvalue weighted by Gasteiger charge is 2.10. The second kappa shape index (κ2) is 7.51. The highest BCUT2D eigenvalue weighted by atomic mass is 32.2. The van der Waals surface area contributed by atoms with Gasteiger partial charge in [0.2, 0.25) is 10.0 Å². The molecule has 3 N–H and O–H groups in total. The van der Waals surface area contributed by atoms with Crippen molar-refractivity contribution >= 4 is 27.4 Å². The lowest BCUT2D eigenvalue weighted by molar-refractivity contribution is 0.251. The van der Waals surface area contributed by atoms with Crippen LogP contribution in [0.25, 0.3) is 0 Å². The Morgan fingerprint density at radius 2 is 2.00 bits per heavy atom. The molecule has 0 saturated heterocycles. The molecule has 0 radical (unpaired) electrons. The Morgan fingerprint density at radius 1 is 1.28 bits per heavy atom. The van der Waals surface area contributed by atoms with Crippen LogP contribution >= 0.6 is 0 Å². The third-order valence-electron chi connectivity index (χ3n) is 3.23. The van der Waals surface area contributed by atoms with Crippen LogP contribution in [0, 0.1) is 19.7 Å². The first-order valence-corrected chi connectivity index (χ1v) is 9.36. The quantitative estimate of drug-likeness (QED) is 0.722. The molecular formula is C15H20FN5O3S. The van der Waals surface area contributed by atoms with Crippen molar-refractivity contribution in [1.29, 1.82) is 0 Å². The topological polar surface area (TPSA) is 105 Å². The molecule has 0 spiro atoms. The zero-order chi connectivity index (χ0) is 18.6. The summed E-state index contributed by atoms with van der Waals surface area (Å²) in [4.78, 5) is 11.9. The molecule has 0 bridgehead atoms. The fourth-order valence-corrected chi connectivity index (χ4v) is 2.80. The second-order valence-electron chi connectivity index (χ2n) is 5.60. The van der Waals surface area contributed by atoms with Gasteiger partial charge in [-0.2, -0.15) is 5.10 Å². The van der Waals surface area contributed by atoms with E-state index in [-0.39, 0.29) is 11.4 Å². The Labute approximate surface area is 145 Å². The van der Waals surface area contributed by atoms with Crippen molar-refractivity contribution in [2.24, 2.45) is 0 Å². The Morgan fingerprint density at radius 3 is 2.60 bits per heavy atom. The molecule has 136 valence electrons. The Kier molecular flexibility index (Phi) is 5.62. The summed E-state index contributed by atoms with van der Waals surface area (Å²) >= 11 is 0. The molecule has 10 heteroatoms. The first-order valence-electron chi connectivity index (χ1n) is 7.47. The van der Waals surface area contributed by atoms with Crippen LogP contribution < -0.4 is 15.4 Å². The number of benzene rings is 1. The molecule has 1 heterocycles. The lowest BCUT2D eigenvalue weighted by Crippen LogP contribution is -2.32. The molecule has 2 aromatic rings. The summed E-state index contributed by atoms with van der Waals surface area (Å²) < 4.78 is 40.2. The number of amides is 2. The molecule has 8 nitrogen and oxygen atoms in total. The van der Waals surface area contributed by atoms with E-state index in [1.165, 1.54) is 12.1 Å². The summed E-state index contributed by atoms with van der Waals surface area (Å²) in [5, 5.41) is 9.22.